The smallest absolute Gasteiger partial charge is 0.255 e. The number of aromatic nitrogens is 5. The number of pyridine rings is 1. The molecule has 7 nitrogen and oxygen atoms in total. The van der Waals surface area contributed by atoms with Gasteiger partial charge in [-0.25, -0.2) is 4.68 Å². The van der Waals surface area contributed by atoms with Crippen molar-refractivity contribution in [2.75, 3.05) is 5.32 Å². The molecule has 0 saturated carbocycles. The van der Waals surface area contributed by atoms with Gasteiger partial charge in [-0.3, -0.25) is 9.78 Å². The van der Waals surface area contributed by atoms with Crippen LogP contribution in [-0.2, 0) is 0 Å². The molecule has 0 fully saturated rings. The molecule has 2 aromatic heterocycles. The predicted octanol–water partition coefficient (Wildman–Crippen LogP) is 3.12. The first-order valence-corrected chi connectivity index (χ1v) is 7.78. The number of tetrazole rings is 1. The highest BCUT2D eigenvalue weighted by Gasteiger charge is 2.12. The minimum atomic E-state index is -0.260. The van der Waals surface area contributed by atoms with Crippen molar-refractivity contribution in [2.45, 2.75) is 0 Å². The lowest BCUT2D eigenvalue weighted by atomic mass is 10.1. The molecular weight excluding hydrogens is 340 g/mol. The van der Waals surface area contributed by atoms with Gasteiger partial charge in [-0.15, -0.1) is 5.10 Å². The number of hydrogen-bond acceptors (Lipinski definition) is 5. The molecule has 8 heteroatoms. The SMILES string of the molecule is O=C(Nc1ccc(Cl)c2cccnc12)c1cccc(-n2cnnn2)c1. The van der Waals surface area contributed by atoms with Crippen molar-refractivity contribution < 1.29 is 4.79 Å². The van der Waals surface area contributed by atoms with E-state index in [1.807, 2.05) is 12.1 Å². The van der Waals surface area contributed by atoms with Crippen molar-refractivity contribution in [3.05, 3.63) is 71.6 Å². The van der Waals surface area contributed by atoms with E-state index in [4.69, 9.17) is 11.6 Å². The molecular formula is C17H11ClN6O. The molecule has 0 saturated heterocycles. The highest BCUT2D eigenvalue weighted by molar-refractivity contribution is 6.36. The predicted molar refractivity (Wildman–Crippen MR) is 93.9 cm³/mol. The third kappa shape index (κ3) is 2.92. The van der Waals surface area contributed by atoms with Crippen LogP contribution in [0.2, 0.25) is 5.02 Å². The molecule has 4 aromatic rings. The van der Waals surface area contributed by atoms with E-state index in [2.05, 4.69) is 25.8 Å². The number of hydrogen-bond donors (Lipinski definition) is 1. The van der Waals surface area contributed by atoms with Crippen LogP contribution in [0.4, 0.5) is 5.69 Å². The average molecular weight is 351 g/mol. The van der Waals surface area contributed by atoms with Crippen LogP contribution in [0.5, 0.6) is 0 Å². The van der Waals surface area contributed by atoms with Gasteiger partial charge in [0.15, 0.2) is 0 Å². The van der Waals surface area contributed by atoms with Gasteiger partial charge in [-0.2, -0.15) is 0 Å². The van der Waals surface area contributed by atoms with Crippen molar-refractivity contribution in [3.8, 4) is 5.69 Å². The lowest BCUT2D eigenvalue weighted by molar-refractivity contribution is 0.102. The molecule has 0 bridgehead atoms. The van der Waals surface area contributed by atoms with Crippen LogP contribution >= 0.6 is 11.6 Å². The minimum Gasteiger partial charge on any atom is -0.320 e. The van der Waals surface area contributed by atoms with Crippen LogP contribution in [0.25, 0.3) is 16.6 Å². The maximum absolute atomic E-state index is 12.6. The zero-order chi connectivity index (χ0) is 17.2. The number of anilines is 1. The Morgan fingerprint density at radius 1 is 1.12 bits per heavy atom. The van der Waals surface area contributed by atoms with E-state index < -0.39 is 0 Å². The average Bonchev–Trinajstić information content (AvgIpc) is 3.19. The molecule has 1 N–H and O–H groups in total. The summed E-state index contributed by atoms with van der Waals surface area (Å²) >= 11 is 6.19. The summed E-state index contributed by atoms with van der Waals surface area (Å²) < 4.78 is 1.48. The molecule has 0 atom stereocenters. The summed E-state index contributed by atoms with van der Waals surface area (Å²) in [5, 5.41) is 15.3. The number of fused-ring (bicyclic) bond motifs is 1. The minimum absolute atomic E-state index is 0.260. The van der Waals surface area contributed by atoms with Crippen LogP contribution in [0, 0.1) is 0 Å². The quantitative estimate of drug-likeness (QED) is 0.613. The summed E-state index contributed by atoms with van der Waals surface area (Å²) in [6.45, 7) is 0. The van der Waals surface area contributed by atoms with Crippen LogP contribution in [-0.4, -0.2) is 31.1 Å². The number of benzene rings is 2. The molecule has 0 radical (unpaired) electrons. The van der Waals surface area contributed by atoms with Gasteiger partial charge in [0.25, 0.3) is 5.91 Å². The van der Waals surface area contributed by atoms with Gasteiger partial charge in [0, 0.05) is 17.1 Å². The summed E-state index contributed by atoms with van der Waals surface area (Å²) in [4.78, 5) is 16.9. The lowest BCUT2D eigenvalue weighted by Crippen LogP contribution is -2.13. The number of amides is 1. The van der Waals surface area contributed by atoms with Crippen molar-refractivity contribution in [1.82, 2.24) is 25.2 Å². The molecule has 4 rings (SSSR count). The van der Waals surface area contributed by atoms with E-state index in [1.54, 1.807) is 42.6 Å². The normalized spacial score (nSPS) is 10.8. The number of carbonyl (C=O) groups excluding carboxylic acids is 1. The second kappa shape index (κ2) is 6.29. The number of nitrogens with zero attached hydrogens (tertiary/aromatic N) is 5. The van der Waals surface area contributed by atoms with Gasteiger partial charge in [-0.1, -0.05) is 17.7 Å². The monoisotopic (exact) mass is 350 g/mol. The number of carbonyl (C=O) groups is 1. The molecule has 2 aromatic carbocycles. The Kier molecular flexibility index (Phi) is 3.83. The lowest BCUT2D eigenvalue weighted by Gasteiger charge is -2.10. The topological polar surface area (TPSA) is 85.6 Å². The van der Waals surface area contributed by atoms with Gasteiger partial charge in [0.1, 0.15) is 6.33 Å². The highest BCUT2D eigenvalue weighted by atomic mass is 35.5. The second-order valence-electron chi connectivity index (χ2n) is 5.25. The third-order valence-corrected chi connectivity index (χ3v) is 4.02. The third-order valence-electron chi connectivity index (χ3n) is 3.69. The zero-order valence-corrected chi connectivity index (χ0v) is 13.6. The molecule has 1 amide bonds. The Morgan fingerprint density at radius 3 is 2.88 bits per heavy atom. The molecule has 0 spiro atoms. The highest BCUT2D eigenvalue weighted by Crippen LogP contribution is 2.28. The fraction of sp³-hybridized carbons (Fsp3) is 0. The summed E-state index contributed by atoms with van der Waals surface area (Å²) in [6.07, 6.45) is 3.13. The van der Waals surface area contributed by atoms with Gasteiger partial charge in [0.05, 0.1) is 21.9 Å². The van der Waals surface area contributed by atoms with E-state index in [0.29, 0.717) is 27.5 Å². The number of nitrogens with one attached hydrogen (secondary N) is 1. The Labute approximate surface area is 147 Å². The van der Waals surface area contributed by atoms with Crippen LogP contribution in [0.3, 0.4) is 0 Å². The van der Waals surface area contributed by atoms with E-state index in [1.165, 1.54) is 11.0 Å². The van der Waals surface area contributed by atoms with Crippen LogP contribution in [0.15, 0.2) is 61.1 Å². The summed E-state index contributed by atoms with van der Waals surface area (Å²) in [5.74, 6) is -0.260. The summed E-state index contributed by atoms with van der Waals surface area (Å²) in [6, 6.07) is 14.1. The Bertz CT molecular complexity index is 1060. The molecule has 2 heterocycles. The van der Waals surface area contributed by atoms with Crippen molar-refractivity contribution in [3.63, 3.8) is 0 Å². The maximum Gasteiger partial charge on any atom is 0.255 e. The van der Waals surface area contributed by atoms with Crippen molar-refractivity contribution in [1.29, 1.82) is 0 Å². The molecule has 0 aliphatic carbocycles. The molecule has 0 unspecified atom stereocenters. The van der Waals surface area contributed by atoms with Gasteiger partial charge >= 0.3 is 0 Å². The first-order chi connectivity index (χ1) is 12.2. The second-order valence-corrected chi connectivity index (χ2v) is 5.66. The van der Waals surface area contributed by atoms with E-state index in [9.17, 15) is 4.79 Å². The van der Waals surface area contributed by atoms with Crippen LogP contribution < -0.4 is 5.32 Å². The summed E-state index contributed by atoms with van der Waals surface area (Å²) in [7, 11) is 0. The van der Waals surface area contributed by atoms with Gasteiger partial charge in [-0.05, 0) is 52.9 Å². The summed E-state index contributed by atoms with van der Waals surface area (Å²) in [5.41, 5.74) is 2.40. The van der Waals surface area contributed by atoms with Gasteiger partial charge < -0.3 is 5.32 Å². The van der Waals surface area contributed by atoms with Crippen LogP contribution in [0.1, 0.15) is 10.4 Å². The number of halogens is 1. The molecule has 25 heavy (non-hydrogen) atoms. The standard InChI is InChI=1S/C17H11ClN6O/c18-14-6-7-15(16-13(14)5-2-8-19-16)21-17(25)11-3-1-4-12(9-11)24-10-20-22-23-24/h1-10H,(H,21,25). The first-order valence-electron chi connectivity index (χ1n) is 7.40. The zero-order valence-electron chi connectivity index (χ0n) is 12.8. The molecule has 122 valence electrons. The number of rotatable bonds is 3. The fourth-order valence-electron chi connectivity index (χ4n) is 2.50. The Balaban J connectivity index is 1.67. The maximum atomic E-state index is 12.6. The Morgan fingerprint density at radius 2 is 2.04 bits per heavy atom. The Hall–Kier alpha value is -3.32. The first kappa shape index (κ1) is 15.2. The van der Waals surface area contributed by atoms with Crippen molar-refractivity contribution >= 4 is 34.1 Å². The van der Waals surface area contributed by atoms with E-state index in [-0.39, 0.29) is 5.91 Å². The van der Waals surface area contributed by atoms with Crippen molar-refractivity contribution in [2.24, 2.45) is 0 Å². The fourth-order valence-corrected chi connectivity index (χ4v) is 2.72. The van der Waals surface area contributed by atoms with E-state index >= 15 is 0 Å². The van der Waals surface area contributed by atoms with Gasteiger partial charge in [0.2, 0.25) is 0 Å². The molecule has 0 aliphatic rings. The molecule has 0 aliphatic heterocycles. The largest absolute Gasteiger partial charge is 0.320 e. The van der Waals surface area contributed by atoms with E-state index in [0.717, 1.165) is 5.39 Å².